The molecule has 6 N–H and O–H groups in total. The number of rotatable bonds is 0. The van der Waals surface area contributed by atoms with Crippen LogP contribution in [0, 0.1) is 0 Å². The first-order valence-corrected chi connectivity index (χ1v) is 8.99. The van der Waals surface area contributed by atoms with E-state index in [1.807, 2.05) is 24.4 Å². The first-order valence-electron chi connectivity index (χ1n) is 6.17. The Morgan fingerprint density at radius 2 is 1.36 bits per heavy atom. The van der Waals surface area contributed by atoms with E-state index in [0.717, 1.165) is 19.6 Å². The molecule has 0 radical (unpaired) electrons. The fourth-order valence-corrected chi connectivity index (χ4v) is 1.81. The van der Waals surface area contributed by atoms with Gasteiger partial charge in [-0.15, -0.1) is 0 Å². The van der Waals surface area contributed by atoms with Gasteiger partial charge >= 0.3 is 28.2 Å². The van der Waals surface area contributed by atoms with E-state index in [4.69, 9.17) is 15.0 Å². The van der Waals surface area contributed by atoms with Crippen LogP contribution in [-0.2, 0) is 23.6 Å². The second-order valence-electron chi connectivity index (χ2n) is 3.88. The molecule has 0 aliphatic carbocycles. The van der Waals surface area contributed by atoms with E-state index in [2.05, 4.69) is 44.7 Å². The molecule has 2 aromatic carbocycles. The fourth-order valence-electron chi connectivity index (χ4n) is 1.81. The Bertz CT molecular complexity index is 656. The van der Waals surface area contributed by atoms with Crippen molar-refractivity contribution in [1.29, 1.82) is 0 Å². The molecule has 0 spiro atoms. The summed E-state index contributed by atoms with van der Waals surface area (Å²) in [5, 5.41) is 18.1. The van der Waals surface area contributed by atoms with Crippen molar-refractivity contribution in [2.75, 3.05) is 7.11 Å². The van der Waals surface area contributed by atoms with Gasteiger partial charge < -0.3 is 22.5 Å². The molecule has 0 amide bonds. The van der Waals surface area contributed by atoms with Crippen molar-refractivity contribution in [3.05, 3.63) is 67.0 Å². The van der Waals surface area contributed by atoms with Gasteiger partial charge in [-0.2, -0.15) is 0 Å². The SMILES string of the molecule is C.CC(=O)O.CO.[Cl][Pt].[NH2-].[NH2-].c1ccc2c(c1)cnc1ccccc12. The van der Waals surface area contributed by atoms with E-state index in [0.29, 0.717) is 0 Å². The Labute approximate surface area is 164 Å². The minimum Gasteiger partial charge on any atom is -0.693 e. The Balaban J connectivity index is -0.000000177. The van der Waals surface area contributed by atoms with Crippen LogP contribution in [0.1, 0.15) is 14.4 Å². The minimum absolute atomic E-state index is 0. The molecule has 3 rings (SSSR count). The van der Waals surface area contributed by atoms with Crippen LogP contribution in [0.5, 0.6) is 0 Å². The van der Waals surface area contributed by atoms with Gasteiger partial charge in [0.15, 0.2) is 0 Å². The van der Waals surface area contributed by atoms with Crippen LogP contribution in [0.3, 0.4) is 0 Å². The molecule has 8 heteroatoms. The number of carbonyl (C=O) groups is 1. The maximum atomic E-state index is 9.00. The van der Waals surface area contributed by atoms with Crippen molar-refractivity contribution in [3.63, 3.8) is 0 Å². The molecule has 0 bridgehead atoms. The summed E-state index contributed by atoms with van der Waals surface area (Å²) in [5.41, 5.74) is 1.06. The number of aliphatic carboxylic acids is 1. The average Bonchev–Trinajstić information content (AvgIpc) is 2.58. The Kier molecular flexibility index (Phi) is 23.5. The predicted octanol–water partition coefficient (Wildman–Crippen LogP) is 5.84. The topological polar surface area (TPSA) is 137 Å². The number of aliphatic hydroxyl groups excluding tert-OH is 1. The summed E-state index contributed by atoms with van der Waals surface area (Å²) in [6, 6.07) is 16.6. The van der Waals surface area contributed by atoms with Crippen LogP contribution in [0.25, 0.3) is 34.0 Å². The van der Waals surface area contributed by atoms with Crippen LogP contribution in [-0.4, -0.2) is 28.3 Å². The number of nitrogens with two attached hydrogens (primary N) is 2. The third-order valence-corrected chi connectivity index (χ3v) is 2.50. The summed E-state index contributed by atoms with van der Waals surface area (Å²) >= 11 is 1.61. The number of aliphatic hydroxyl groups is 1. The Hall–Kier alpha value is -1.56. The zero-order valence-corrected chi connectivity index (χ0v) is 16.3. The number of para-hydroxylation sites is 1. The fraction of sp³-hybridized carbons (Fsp3) is 0.176. The zero-order valence-electron chi connectivity index (χ0n) is 13.3. The number of halogens is 1. The summed E-state index contributed by atoms with van der Waals surface area (Å²) in [7, 11) is 5.61. The monoisotopic (exact) mass is 549 g/mol. The molecule has 0 aliphatic rings. The van der Waals surface area contributed by atoms with E-state index in [9.17, 15) is 0 Å². The van der Waals surface area contributed by atoms with Crippen LogP contribution in [0.15, 0.2) is 54.7 Å². The van der Waals surface area contributed by atoms with Gasteiger partial charge in [0.2, 0.25) is 0 Å². The van der Waals surface area contributed by atoms with E-state index in [1.165, 1.54) is 16.2 Å². The number of aromatic nitrogens is 1. The molecule has 145 valence electrons. The standard InChI is InChI=1S/C13H9N.C2H4O2.CH4O.CH4.ClH.2H2N.Pt/c1-2-6-11-10(5-1)9-14-13-8-4-3-7-12(11)13;1-2(3)4;1-2;;;;;/h1-9H;1H3,(H,3,4);2H,1H3;1H4;1H;2*1H2;/q;;;;;2*-1;+1/p-1. The normalized spacial score (nSPS) is 7.60. The smallest absolute Gasteiger partial charge is 0.0708 e. The summed E-state index contributed by atoms with van der Waals surface area (Å²) in [6.07, 6.45) is 1.93. The molecular weight excluding hydrogens is 525 g/mol. The first kappa shape index (κ1) is 31.2. The molecule has 0 saturated heterocycles. The van der Waals surface area contributed by atoms with E-state index in [1.54, 1.807) is 18.8 Å². The van der Waals surface area contributed by atoms with Crippen molar-refractivity contribution in [2.24, 2.45) is 0 Å². The van der Waals surface area contributed by atoms with Crippen molar-refractivity contribution in [1.82, 2.24) is 4.98 Å². The maximum absolute atomic E-state index is 9.00. The van der Waals surface area contributed by atoms with Gasteiger partial charge in [0.05, 0.1) is 5.52 Å². The summed E-state index contributed by atoms with van der Waals surface area (Å²) in [6.45, 7) is 1.08. The van der Waals surface area contributed by atoms with E-state index in [-0.39, 0.29) is 19.7 Å². The number of hydrogen-bond donors (Lipinski definition) is 2. The first-order chi connectivity index (χ1) is 10.7. The number of carboxylic acid groups (broad SMARTS) is 1. The van der Waals surface area contributed by atoms with Crippen molar-refractivity contribution in [3.8, 4) is 0 Å². The molecular formula is C17H25ClN3O3Pt-2. The van der Waals surface area contributed by atoms with Gasteiger partial charge in [0.1, 0.15) is 0 Å². The second-order valence-corrected chi connectivity index (χ2v) is 3.88. The van der Waals surface area contributed by atoms with Crippen LogP contribution in [0.4, 0.5) is 0 Å². The average molecular weight is 550 g/mol. The number of benzene rings is 2. The number of hydrogen-bond acceptors (Lipinski definition) is 3. The van der Waals surface area contributed by atoms with E-state index >= 15 is 0 Å². The van der Waals surface area contributed by atoms with Gasteiger partial charge in [-0.05, 0) is 11.5 Å². The summed E-state index contributed by atoms with van der Waals surface area (Å²) in [5.74, 6) is -0.833. The molecule has 6 nitrogen and oxygen atoms in total. The summed E-state index contributed by atoms with van der Waals surface area (Å²) in [4.78, 5) is 13.4. The van der Waals surface area contributed by atoms with Gasteiger partial charge in [-0.25, -0.2) is 0 Å². The van der Waals surface area contributed by atoms with Gasteiger partial charge in [0, 0.05) is 31.0 Å². The van der Waals surface area contributed by atoms with Crippen molar-refractivity contribution < 1.29 is 33.8 Å². The van der Waals surface area contributed by atoms with Crippen LogP contribution >= 0.6 is 9.42 Å². The molecule has 0 aliphatic heterocycles. The second kappa shape index (κ2) is 18.8. The Morgan fingerprint density at radius 3 is 1.88 bits per heavy atom. The molecule has 0 fully saturated rings. The Morgan fingerprint density at radius 1 is 0.960 bits per heavy atom. The van der Waals surface area contributed by atoms with E-state index < -0.39 is 5.97 Å². The number of nitrogens with zero attached hydrogens (tertiary/aromatic N) is 1. The molecule has 1 heterocycles. The quantitative estimate of drug-likeness (QED) is 0.340. The van der Waals surface area contributed by atoms with Crippen LogP contribution in [0.2, 0.25) is 0 Å². The molecule has 1 aromatic heterocycles. The number of fused-ring (bicyclic) bond motifs is 3. The molecule has 0 unspecified atom stereocenters. The third-order valence-electron chi connectivity index (χ3n) is 2.50. The molecule has 3 aromatic rings. The molecule has 0 atom stereocenters. The van der Waals surface area contributed by atoms with Gasteiger partial charge in [-0.1, -0.05) is 49.9 Å². The van der Waals surface area contributed by atoms with Crippen molar-refractivity contribution in [2.45, 2.75) is 14.4 Å². The van der Waals surface area contributed by atoms with Gasteiger partial charge in [0.25, 0.3) is 5.97 Å². The molecule has 25 heavy (non-hydrogen) atoms. The number of carboxylic acids is 1. The third kappa shape index (κ3) is 10.8. The minimum atomic E-state index is -0.833. The van der Waals surface area contributed by atoms with Crippen LogP contribution < -0.4 is 0 Å². The largest absolute Gasteiger partial charge is 0.693 e. The summed E-state index contributed by atoms with van der Waals surface area (Å²) < 4.78 is 0. The van der Waals surface area contributed by atoms with Crippen molar-refractivity contribution >= 4 is 37.1 Å². The zero-order chi connectivity index (χ0) is 17.0. The maximum Gasteiger partial charge on any atom is 0.0708 e. The number of pyridine rings is 1. The predicted molar refractivity (Wildman–Crippen MR) is 104 cm³/mol. The molecule has 0 saturated carbocycles. The van der Waals surface area contributed by atoms with Gasteiger partial charge in [-0.3, -0.25) is 9.78 Å².